The third kappa shape index (κ3) is 3.20. The minimum Gasteiger partial charge on any atom is -0.454 e. The second-order valence-electron chi connectivity index (χ2n) is 4.81. The Labute approximate surface area is 126 Å². The molecule has 0 spiro atoms. The van der Waals surface area contributed by atoms with Crippen LogP contribution >= 0.6 is 12.4 Å². The van der Waals surface area contributed by atoms with Gasteiger partial charge < -0.3 is 14.8 Å². The molecule has 4 nitrogen and oxygen atoms in total. The number of benzene rings is 1. The first-order chi connectivity index (χ1) is 9.57. The van der Waals surface area contributed by atoms with Crippen molar-refractivity contribution in [2.24, 2.45) is 0 Å². The van der Waals surface area contributed by atoms with E-state index >= 15 is 0 Å². The molecule has 1 aromatic rings. The number of alkyl halides is 3. The molecule has 0 aromatic heterocycles. The Morgan fingerprint density at radius 3 is 2.52 bits per heavy atom. The Balaban J connectivity index is 0.00000161. The zero-order chi connectivity index (χ0) is 14.2. The number of para-hydroxylation sites is 1. The monoisotopic (exact) mass is 324 g/mol. The van der Waals surface area contributed by atoms with E-state index < -0.39 is 12.2 Å². The van der Waals surface area contributed by atoms with Crippen LogP contribution in [0.3, 0.4) is 0 Å². The van der Waals surface area contributed by atoms with Crippen LogP contribution in [0.25, 0.3) is 0 Å². The van der Waals surface area contributed by atoms with E-state index in [0.29, 0.717) is 31.9 Å². The zero-order valence-corrected chi connectivity index (χ0v) is 12.0. The SMILES string of the molecule is Cl.FC(F)(F)[C@@H](c1cccc2c1OCO2)N1CCNCC1. The molecule has 1 N–H and O–H groups in total. The molecule has 1 atom stereocenters. The van der Waals surface area contributed by atoms with Gasteiger partial charge in [-0.2, -0.15) is 13.2 Å². The molecule has 1 saturated heterocycles. The van der Waals surface area contributed by atoms with Crippen LogP contribution in [0.5, 0.6) is 11.5 Å². The lowest BCUT2D eigenvalue weighted by molar-refractivity contribution is -0.188. The van der Waals surface area contributed by atoms with Gasteiger partial charge in [0.05, 0.1) is 0 Å². The van der Waals surface area contributed by atoms with Crippen LogP contribution in [0.2, 0.25) is 0 Å². The molecule has 2 aliphatic heterocycles. The number of hydrogen-bond donors (Lipinski definition) is 1. The Kier molecular flexibility index (Phi) is 4.85. The maximum atomic E-state index is 13.5. The van der Waals surface area contributed by atoms with Crippen molar-refractivity contribution in [1.82, 2.24) is 10.2 Å². The molecule has 0 aliphatic carbocycles. The van der Waals surface area contributed by atoms with Crippen molar-refractivity contribution in [3.05, 3.63) is 23.8 Å². The van der Waals surface area contributed by atoms with E-state index in [1.807, 2.05) is 0 Å². The molecule has 118 valence electrons. The highest BCUT2D eigenvalue weighted by Gasteiger charge is 2.47. The fourth-order valence-corrected chi connectivity index (χ4v) is 2.69. The van der Waals surface area contributed by atoms with Crippen molar-refractivity contribution >= 4 is 12.4 Å². The van der Waals surface area contributed by atoms with E-state index in [2.05, 4.69) is 5.32 Å². The quantitative estimate of drug-likeness (QED) is 0.905. The van der Waals surface area contributed by atoms with E-state index in [-0.39, 0.29) is 30.5 Å². The molecule has 1 fully saturated rings. The van der Waals surface area contributed by atoms with Gasteiger partial charge in [-0.1, -0.05) is 12.1 Å². The fourth-order valence-electron chi connectivity index (χ4n) is 2.69. The summed E-state index contributed by atoms with van der Waals surface area (Å²) in [5.74, 6) is 0.597. The van der Waals surface area contributed by atoms with E-state index in [0.717, 1.165) is 0 Å². The maximum Gasteiger partial charge on any atom is 0.408 e. The number of hydrogen-bond acceptors (Lipinski definition) is 4. The first-order valence-corrected chi connectivity index (χ1v) is 6.47. The summed E-state index contributed by atoms with van der Waals surface area (Å²) in [5, 5.41) is 3.06. The highest BCUT2D eigenvalue weighted by atomic mass is 35.5. The molecular weight excluding hydrogens is 309 g/mol. The summed E-state index contributed by atoms with van der Waals surface area (Å²) in [4.78, 5) is 1.44. The molecule has 0 radical (unpaired) electrons. The van der Waals surface area contributed by atoms with Gasteiger partial charge in [0, 0.05) is 31.7 Å². The molecule has 0 amide bonds. The number of rotatable bonds is 2. The molecule has 21 heavy (non-hydrogen) atoms. The predicted molar refractivity (Wildman–Crippen MR) is 73.1 cm³/mol. The summed E-state index contributed by atoms with van der Waals surface area (Å²) >= 11 is 0. The minimum absolute atomic E-state index is 0. The van der Waals surface area contributed by atoms with Crippen molar-refractivity contribution in [1.29, 1.82) is 0 Å². The lowest BCUT2D eigenvalue weighted by Gasteiger charge is -2.36. The Morgan fingerprint density at radius 1 is 1.14 bits per heavy atom. The lowest BCUT2D eigenvalue weighted by Crippen LogP contribution is -2.49. The van der Waals surface area contributed by atoms with Crippen LogP contribution in [0, 0.1) is 0 Å². The summed E-state index contributed by atoms with van der Waals surface area (Å²) in [7, 11) is 0. The van der Waals surface area contributed by atoms with Gasteiger partial charge in [0.25, 0.3) is 0 Å². The largest absolute Gasteiger partial charge is 0.454 e. The number of nitrogens with zero attached hydrogens (tertiary/aromatic N) is 1. The number of nitrogens with one attached hydrogen (secondary N) is 1. The molecule has 2 heterocycles. The van der Waals surface area contributed by atoms with Crippen molar-refractivity contribution in [2.75, 3.05) is 33.0 Å². The van der Waals surface area contributed by atoms with Crippen LogP contribution < -0.4 is 14.8 Å². The first-order valence-electron chi connectivity index (χ1n) is 6.47. The Hall–Kier alpha value is -1.18. The van der Waals surface area contributed by atoms with Crippen LogP contribution in [-0.2, 0) is 0 Å². The van der Waals surface area contributed by atoms with Gasteiger partial charge in [-0.15, -0.1) is 12.4 Å². The van der Waals surface area contributed by atoms with Gasteiger partial charge in [0.15, 0.2) is 11.5 Å². The van der Waals surface area contributed by atoms with Crippen LogP contribution in [0.1, 0.15) is 11.6 Å². The Bertz CT molecular complexity index is 493. The Morgan fingerprint density at radius 2 is 1.86 bits per heavy atom. The van der Waals surface area contributed by atoms with Crippen molar-refractivity contribution in [2.45, 2.75) is 12.2 Å². The third-order valence-electron chi connectivity index (χ3n) is 3.55. The first kappa shape index (κ1) is 16.2. The van der Waals surface area contributed by atoms with Gasteiger partial charge in [-0.05, 0) is 6.07 Å². The van der Waals surface area contributed by atoms with E-state index in [4.69, 9.17) is 9.47 Å². The number of piperazine rings is 1. The molecule has 3 rings (SSSR count). The third-order valence-corrected chi connectivity index (χ3v) is 3.55. The molecular formula is C13H16ClF3N2O2. The summed E-state index contributed by atoms with van der Waals surface area (Å²) in [5.41, 5.74) is 0.134. The van der Waals surface area contributed by atoms with Gasteiger partial charge in [0.1, 0.15) is 6.04 Å². The molecule has 2 aliphatic rings. The van der Waals surface area contributed by atoms with Crippen LogP contribution in [-0.4, -0.2) is 44.0 Å². The van der Waals surface area contributed by atoms with Crippen LogP contribution in [0.4, 0.5) is 13.2 Å². The normalized spacial score (nSPS) is 20.0. The predicted octanol–water partition coefficient (Wildman–Crippen LogP) is 2.35. The van der Waals surface area contributed by atoms with Gasteiger partial charge in [-0.3, -0.25) is 4.90 Å². The standard InChI is InChI=1S/C13H15F3N2O2.ClH/c14-13(15,16)12(18-6-4-17-5-7-18)9-2-1-3-10-11(9)20-8-19-10;/h1-3,12,17H,4-8H2;1H/t12-;/m1./s1. The molecule has 0 bridgehead atoms. The minimum atomic E-state index is -4.35. The summed E-state index contributed by atoms with van der Waals surface area (Å²) in [6, 6.07) is 3.01. The summed E-state index contributed by atoms with van der Waals surface area (Å²) < 4.78 is 50.9. The topological polar surface area (TPSA) is 33.7 Å². The van der Waals surface area contributed by atoms with Gasteiger partial charge in [0.2, 0.25) is 6.79 Å². The molecule has 0 saturated carbocycles. The number of ether oxygens (including phenoxy) is 2. The summed E-state index contributed by atoms with van der Waals surface area (Å²) in [6.07, 6.45) is -4.35. The molecule has 0 unspecified atom stereocenters. The molecule has 1 aromatic carbocycles. The van der Waals surface area contributed by atoms with Crippen molar-refractivity contribution in [3.8, 4) is 11.5 Å². The maximum absolute atomic E-state index is 13.5. The second kappa shape index (κ2) is 6.29. The zero-order valence-electron chi connectivity index (χ0n) is 11.2. The average Bonchev–Trinajstić information content (AvgIpc) is 2.88. The van der Waals surface area contributed by atoms with Crippen molar-refractivity contribution in [3.63, 3.8) is 0 Å². The van der Waals surface area contributed by atoms with Gasteiger partial charge in [-0.25, -0.2) is 0 Å². The molecule has 8 heteroatoms. The van der Waals surface area contributed by atoms with Gasteiger partial charge >= 0.3 is 6.18 Å². The fraction of sp³-hybridized carbons (Fsp3) is 0.538. The number of fused-ring (bicyclic) bond motifs is 1. The van der Waals surface area contributed by atoms with Crippen LogP contribution in [0.15, 0.2) is 18.2 Å². The van der Waals surface area contributed by atoms with E-state index in [1.54, 1.807) is 12.1 Å². The summed E-state index contributed by atoms with van der Waals surface area (Å²) in [6.45, 7) is 1.79. The van der Waals surface area contributed by atoms with Crippen molar-refractivity contribution < 1.29 is 22.6 Å². The van der Waals surface area contributed by atoms with E-state index in [1.165, 1.54) is 11.0 Å². The average molecular weight is 325 g/mol. The lowest BCUT2D eigenvalue weighted by atomic mass is 10.0. The smallest absolute Gasteiger partial charge is 0.408 e. The highest BCUT2D eigenvalue weighted by Crippen LogP contribution is 2.46. The highest BCUT2D eigenvalue weighted by molar-refractivity contribution is 5.85. The second-order valence-corrected chi connectivity index (χ2v) is 4.81. The van der Waals surface area contributed by atoms with E-state index in [9.17, 15) is 13.2 Å². The number of halogens is 4.